The number of amides is 1. The Hall–Kier alpha value is -1.98. The lowest BCUT2D eigenvalue weighted by atomic mass is 9.95. The molecule has 2 rings (SSSR count). The van der Waals surface area contributed by atoms with E-state index in [0.717, 1.165) is 43.1 Å². The van der Waals surface area contributed by atoms with Crippen LogP contribution in [0.5, 0.6) is 0 Å². The fourth-order valence-electron chi connectivity index (χ4n) is 2.66. The second-order valence-corrected chi connectivity index (χ2v) is 5.53. The molecule has 21 heavy (non-hydrogen) atoms. The third-order valence-electron chi connectivity index (χ3n) is 3.82. The fourth-order valence-corrected chi connectivity index (χ4v) is 2.66. The molecule has 1 saturated heterocycles. The maximum atomic E-state index is 11.3. The van der Waals surface area contributed by atoms with Crippen LogP contribution >= 0.6 is 0 Å². The Kier molecular flexibility index (Phi) is 4.88. The second-order valence-electron chi connectivity index (χ2n) is 5.53. The van der Waals surface area contributed by atoms with E-state index in [2.05, 4.69) is 9.97 Å². The van der Waals surface area contributed by atoms with E-state index in [1.807, 2.05) is 17.9 Å². The van der Waals surface area contributed by atoms with Gasteiger partial charge in [0.05, 0.1) is 6.42 Å². The van der Waals surface area contributed by atoms with Crippen LogP contribution in [0.1, 0.15) is 49.3 Å². The zero-order chi connectivity index (χ0) is 15.4. The average Bonchev–Trinajstić information content (AvgIpc) is 2.44. The highest BCUT2D eigenvalue weighted by atomic mass is 16.4. The van der Waals surface area contributed by atoms with Crippen molar-refractivity contribution >= 4 is 11.9 Å². The van der Waals surface area contributed by atoms with Crippen molar-refractivity contribution in [3.8, 4) is 0 Å². The first kappa shape index (κ1) is 15.4. The largest absolute Gasteiger partial charge is 0.481 e. The third-order valence-corrected chi connectivity index (χ3v) is 3.82. The van der Waals surface area contributed by atoms with E-state index in [4.69, 9.17) is 5.11 Å². The summed E-state index contributed by atoms with van der Waals surface area (Å²) >= 11 is 0. The summed E-state index contributed by atoms with van der Waals surface area (Å²) in [6.45, 7) is 4.97. The maximum absolute atomic E-state index is 11.3. The van der Waals surface area contributed by atoms with E-state index in [9.17, 15) is 9.59 Å². The molecule has 0 spiro atoms. The van der Waals surface area contributed by atoms with Crippen LogP contribution in [0.4, 0.5) is 0 Å². The molecule has 1 fully saturated rings. The number of aryl methyl sites for hydroxylation is 2. The van der Waals surface area contributed by atoms with Gasteiger partial charge in [0.2, 0.25) is 5.91 Å². The Morgan fingerprint density at radius 2 is 2.00 bits per heavy atom. The van der Waals surface area contributed by atoms with Crippen molar-refractivity contribution in [2.75, 3.05) is 13.1 Å². The highest BCUT2D eigenvalue weighted by molar-refractivity contribution is 5.73. The van der Waals surface area contributed by atoms with Crippen molar-refractivity contribution in [1.29, 1.82) is 0 Å². The van der Waals surface area contributed by atoms with Crippen molar-refractivity contribution in [3.05, 3.63) is 23.3 Å². The predicted octanol–water partition coefficient (Wildman–Crippen LogP) is 1.53. The van der Waals surface area contributed by atoms with Crippen LogP contribution in [-0.4, -0.2) is 44.9 Å². The summed E-state index contributed by atoms with van der Waals surface area (Å²) in [6, 6.07) is 1.84. The molecule has 2 heterocycles. The molecule has 1 aliphatic heterocycles. The Morgan fingerprint density at radius 1 is 1.33 bits per heavy atom. The van der Waals surface area contributed by atoms with E-state index in [-0.39, 0.29) is 18.2 Å². The van der Waals surface area contributed by atoms with Gasteiger partial charge in [0.25, 0.3) is 0 Å². The van der Waals surface area contributed by atoms with Crippen LogP contribution in [0.3, 0.4) is 0 Å². The van der Waals surface area contributed by atoms with E-state index in [1.54, 1.807) is 6.92 Å². The van der Waals surface area contributed by atoms with E-state index in [0.29, 0.717) is 6.42 Å². The van der Waals surface area contributed by atoms with Crippen LogP contribution in [0, 0.1) is 6.92 Å². The summed E-state index contributed by atoms with van der Waals surface area (Å²) in [5.74, 6) is 0.339. The number of piperidine rings is 1. The average molecular weight is 291 g/mol. The number of carboxylic acid groups (broad SMARTS) is 1. The number of rotatable bonds is 4. The number of hydrogen-bond donors (Lipinski definition) is 1. The van der Waals surface area contributed by atoms with Crippen molar-refractivity contribution < 1.29 is 14.7 Å². The van der Waals surface area contributed by atoms with Gasteiger partial charge in [-0.05, 0) is 25.8 Å². The van der Waals surface area contributed by atoms with Crippen LogP contribution in [0.2, 0.25) is 0 Å². The van der Waals surface area contributed by atoms with Gasteiger partial charge in [-0.2, -0.15) is 0 Å². The Labute approximate surface area is 124 Å². The highest BCUT2D eigenvalue weighted by Crippen LogP contribution is 2.26. The first-order chi connectivity index (χ1) is 9.95. The summed E-state index contributed by atoms with van der Waals surface area (Å²) in [6.07, 6.45) is 2.24. The first-order valence-corrected chi connectivity index (χ1v) is 7.27. The number of carbonyl (C=O) groups excluding carboxylic acids is 1. The smallest absolute Gasteiger partial charge is 0.303 e. The molecule has 0 bridgehead atoms. The molecule has 0 saturated carbocycles. The first-order valence-electron chi connectivity index (χ1n) is 7.27. The third kappa shape index (κ3) is 4.24. The minimum atomic E-state index is -0.817. The summed E-state index contributed by atoms with van der Waals surface area (Å²) in [5.41, 5.74) is 1.66. The number of nitrogens with zero attached hydrogens (tertiary/aromatic N) is 3. The molecule has 0 atom stereocenters. The molecule has 1 aromatic heterocycles. The molecular formula is C15H21N3O3. The Bertz CT molecular complexity index is 537. The number of carbonyl (C=O) groups is 2. The number of likely N-dealkylation sites (tertiary alicyclic amines) is 1. The normalized spacial score (nSPS) is 16.0. The zero-order valence-electron chi connectivity index (χ0n) is 12.5. The van der Waals surface area contributed by atoms with Gasteiger partial charge in [-0.15, -0.1) is 0 Å². The second kappa shape index (κ2) is 6.65. The van der Waals surface area contributed by atoms with Crippen molar-refractivity contribution in [1.82, 2.24) is 14.9 Å². The van der Waals surface area contributed by atoms with Crippen LogP contribution < -0.4 is 0 Å². The predicted molar refractivity (Wildman–Crippen MR) is 77.0 cm³/mol. The number of carboxylic acids is 1. The summed E-state index contributed by atoms with van der Waals surface area (Å²) in [7, 11) is 0. The topological polar surface area (TPSA) is 83.4 Å². The molecule has 0 aromatic carbocycles. The molecule has 0 unspecified atom stereocenters. The molecule has 1 N–H and O–H groups in total. The van der Waals surface area contributed by atoms with Gasteiger partial charge < -0.3 is 10.0 Å². The molecule has 1 amide bonds. The summed E-state index contributed by atoms with van der Waals surface area (Å²) in [5, 5.41) is 8.76. The molecule has 6 heteroatoms. The minimum Gasteiger partial charge on any atom is -0.481 e. The van der Waals surface area contributed by atoms with Gasteiger partial charge in [0, 0.05) is 43.7 Å². The number of aliphatic carboxylic acids is 1. The highest BCUT2D eigenvalue weighted by Gasteiger charge is 2.24. The number of hydrogen-bond acceptors (Lipinski definition) is 4. The van der Waals surface area contributed by atoms with E-state index < -0.39 is 5.97 Å². The zero-order valence-corrected chi connectivity index (χ0v) is 12.5. The molecular weight excluding hydrogens is 270 g/mol. The Balaban J connectivity index is 2.06. The molecule has 0 radical (unpaired) electrons. The van der Waals surface area contributed by atoms with Crippen LogP contribution in [0.25, 0.3) is 0 Å². The Morgan fingerprint density at radius 3 is 2.57 bits per heavy atom. The van der Waals surface area contributed by atoms with Gasteiger partial charge >= 0.3 is 5.97 Å². The SMILES string of the molecule is CC(=O)N1CCC(c2nc(C)cc(CCC(=O)O)n2)CC1. The van der Waals surface area contributed by atoms with Gasteiger partial charge in [-0.1, -0.05) is 0 Å². The summed E-state index contributed by atoms with van der Waals surface area (Å²) < 4.78 is 0. The van der Waals surface area contributed by atoms with Crippen molar-refractivity contribution in [2.24, 2.45) is 0 Å². The van der Waals surface area contributed by atoms with E-state index in [1.165, 1.54) is 0 Å². The molecule has 1 aliphatic rings. The van der Waals surface area contributed by atoms with Crippen molar-refractivity contribution in [3.63, 3.8) is 0 Å². The van der Waals surface area contributed by atoms with Gasteiger partial charge in [-0.3, -0.25) is 9.59 Å². The maximum Gasteiger partial charge on any atom is 0.303 e. The van der Waals surface area contributed by atoms with E-state index >= 15 is 0 Å². The molecule has 114 valence electrons. The lowest BCUT2D eigenvalue weighted by Gasteiger charge is -2.30. The fraction of sp³-hybridized carbons (Fsp3) is 0.600. The quantitative estimate of drug-likeness (QED) is 0.909. The lowest BCUT2D eigenvalue weighted by molar-refractivity contribution is -0.137. The molecule has 6 nitrogen and oxygen atoms in total. The van der Waals surface area contributed by atoms with Gasteiger partial charge in [-0.25, -0.2) is 9.97 Å². The monoisotopic (exact) mass is 291 g/mol. The number of aromatic nitrogens is 2. The standard InChI is InChI=1S/C15H21N3O3/c1-10-9-13(3-4-14(20)21)17-15(16-10)12-5-7-18(8-6-12)11(2)19/h9,12H,3-8H2,1-2H3,(H,20,21). The van der Waals surface area contributed by atoms with Crippen molar-refractivity contribution in [2.45, 2.75) is 45.4 Å². The molecule has 1 aromatic rings. The lowest BCUT2D eigenvalue weighted by Crippen LogP contribution is -2.36. The van der Waals surface area contributed by atoms with Gasteiger partial charge in [0.1, 0.15) is 5.82 Å². The molecule has 0 aliphatic carbocycles. The van der Waals surface area contributed by atoms with Gasteiger partial charge in [0.15, 0.2) is 0 Å². The van der Waals surface area contributed by atoms with Crippen LogP contribution in [-0.2, 0) is 16.0 Å². The summed E-state index contributed by atoms with van der Waals surface area (Å²) in [4.78, 5) is 32.9. The minimum absolute atomic E-state index is 0.0820. The van der Waals surface area contributed by atoms with Crippen LogP contribution in [0.15, 0.2) is 6.07 Å².